The fraction of sp³-hybridized carbons (Fsp3) is 0.0323. The molecule has 0 radical (unpaired) electrons. The zero-order chi connectivity index (χ0) is 41.1. The molecule has 0 atom stereocenters. The summed E-state index contributed by atoms with van der Waals surface area (Å²) in [6, 6.07) is 7.38. The zero-order valence-corrected chi connectivity index (χ0v) is 32.1. The van der Waals surface area contributed by atoms with Crippen molar-refractivity contribution in [2.45, 2.75) is 0 Å². The van der Waals surface area contributed by atoms with E-state index < -0.39 is 33.1 Å². The van der Waals surface area contributed by atoms with Crippen molar-refractivity contribution in [2.75, 3.05) is 12.8 Å². The van der Waals surface area contributed by atoms with Crippen molar-refractivity contribution in [1.82, 2.24) is 29.9 Å². The number of rotatable bonds is 6. The minimum absolute atomic E-state index is 0.0440. The molecule has 24 heteroatoms. The lowest BCUT2D eigenvalue weighted by molar-refractivity contribution is -0.390. The minimum Gasteiger partial charge on any atom is -0.506 e. The summed E-state index contributed by atoms with van der Waals surface area (Å²) < 4.78 is 61.4. The summed E-state index contributed by atoms with van der Waals surface area (Å²) in [5.41, 5.74) is 5.52. The number of nitrogens with two attached hydrogens (primary N) is 1. The van der Waals surface area contributed by atoms with Crippen LogP contribution in [0.4, 0.5) is 35.0 Å². The number of hydrogen-bond donors (Lipinski definition) is 3. The Morgan fingerprint density at radius 2 is 0.945 bits per heavy atom. The molecular weight excluding hydrogens is 942 g/mol. The Morgan fingerprint density at radius 1 is 0.564 bits per heavy atom. The van der Waals surface area contributed by atoms with E-state index in [-0.39, 0.29) is 37.8 Å². The SMILES string of the molecule is CO.Nc1ncc(Oc2cncc(F)c2)cc1Br.O=[N+]([O-])c1ncc(F)cc1Br.O=[N+]([O-])c1ncc(Oc2cncc(F)c2)cc1Br.Oc1cncc(F)c1. The second-order valence-corrected chi connectivity index (χ2v) is 11.8. The van der Waals surface area contributed by atoms with Gasteiger partial charge in [0.25, 0.3) is 0 Å². The first-order chi connectivity index (χ1) is 26.1. The van der Waals surface area contributed by atoms with Gasteiger partial charge >= 0.3 is 11.6 Å². The molecule has 17 nitrogen and oxygen atoms in total. The summed E-state index contributed by atoms with van der Waals surface area (Å²) in [4.78, 5) is 40.7. The van der Waals surface area contributed by atoms with Crippen molar-refractivity contribution in [3.63, 3.8) is 0 Å². The highest BCUT2D eigenvalue weighted by molar-refractivity contribution is 9.11. The van der Waals surface area contributed by atoms with E-state index in [9.17, 15) is 37.8 Å². The van der Waals surface area contributed by atoms with Gasteiger partial charge in [0, 0.05) is 43.5 Å². The summed E-state index contributed by atoms with van der Waals surface area (Å²) in [5.74, 6) is -1.45. The van der Waals surface area contributed by atoms with Crippen molar-refractivity contribution in [2.24, 2.45) is 0 Å². The van der Waals surface area contributed by atoms with Gasteiger partial charge in [-0.05, 0) is 67.6 Å². The molecule has 0 amide bonds. The quantitative estimate of drug-likeness (QED) is 0.0807. The predicted molar refractivity (Wildman–Crippen MR) is 196 cm³/mol. The van der Waals surface area contributed by atoms with Crippen molar-refractivity contribution >= 4 is 65.2 Å². The minimum atomic E-state index is -0.691. The number of pyridine rings is 6. The van der Waals surface area contributed by atoms with Gasteiger partial charge in [0.05, 0.1) is 47.9 Å². The average molecular weight is 964 g/mol. The second-order valence-electron chi connectivity index (χ2n) is 9.23. The highest BCUT2D eigenvalue weighted by Gasteiger charge is 2.15. The molecule has 4 N–H and O–H groups in total. The Balaban J connectivity index is 0.000000259. The summed E-state index contributed by atoms with van der Waals surface area (Å²) >= 11 is 9.02. The lowest BCUT2D eigenvalue weighted by atomic mass is 10.4. The molecule has 0 spiro atoms. The Kier molecular flexibility index (Phi) is 18.8. The summed E-state index contributed by atoms with van der Waals surface area (Å²) in [6.45, 7) is 0. The normalized spacial score (nSPS) is 9.62. The van der Waals surface area contributed by atoms with Crippen LogP contribution >= 0.6 is 47.8 Å². The standard InChI is InChI=1S/C10H5BrFN3O3.C10H7BrFN3O.C5H2BrFN2O2.C5H4FNO.CH4O/c11-9-2-8(5-14-10(9)15(16)17)18-7-1-6(12)3-13-4-7;11-9-2-8(5-15-10(9)13)16-7-1-6(12)3-14-4-7;6-4-1-3(7)2-8-5(4)9(10)11;6-4-1-5(8)3-7-2-4;1-2/h1-5H;1-5H,(H2,13,15);1-2H;1-3,8H;2H,1H3. The Hall–Kier alpha value is -5.98. The fourth-order valence-corrected chi connectivity index (χ4v) is 4.47. The van der Waals surface area contributed by atoms with E-state index in [4.69, 9.17) is 25.4 Å². The van der Waals surface area contributed by atoms with Crippen LogP contribution in [0.15, 0.2) is 106 Å². The summed E-state index contributed by atoms with van der Waals surface area (Å²) in [5, 5.41) is 36.2. The number of aromatic hydroxyl groups is 1. The average Bonchev–Trinajstić information content (AvgIpc) is 3.11. The van der Waals surface area contributed by atoms with Gasteiger partial charge < -0.3 is 45.6 Å². The fourth-order valence-electron chi connectivity index (χ4n) is 3.20. The molecule has 0 unspecified atom stereocenters. The molecule has 0 aliphatic rings. The van der Waals surface area contributed by atoms with Gasteiger partial charge in [-0.1, -0.05) is 0 Å². The van der Waals surface area contributed by atoms with Gasteiger partial charge in [-0.15, -0.1) is 0 Å². The van der Waals surface area contributed by atoms with Crippen molar-refractivity contribution in [3.8, 4) is 28.7 Å². The number of hydrogen-bond acceptors (Lipinski definition) is 15. The third-order valence-electron chi connectivity index (χ3n) is 5.30. The van der Waals surface area contributed by atoms with E-state index >= 15 is 0 Å². The molecule has 6 aromatic rings. The molecular formula is C31H22Br3F4N9O8. The molecule has 6 aromatic heterocycles. The molecule has 6 heterocycles. The molecule has 0 aromatic carbocycles. The van der Waals surface area contributed by atoms with Crippen LogP contribution in [0.25, 0.3) is 0 Å². The van der Waals surface area contributed by atoms with Crippen LogP contribution in [-0.2, 0) is 0 Å². The number of nitro groups is 2. The number of ether oxygens (including phenoxy) is 2. The zero-order valence-electron chi connectivity index (χ0n) is 27.3. The number of halogens is 7. The van der Waals surface area contributed by atoms with Gasteiger partial charge in [-0.3, -0.25) is 15.0 Å². The largest absolute Gasteiger partial charge is 0.506 e. The van der Waals surface area contributed by atoms with E-state index in [1.807, 2.05) is 0 Å². The number of aliphatic hydroxyl groups is 1. The number of nitrogen functional groups attached to an aromatic ring is 1. The van der Waals surface area contributed by atoms with Crippen LogP contribution in [0.5, 0.6) is 28.7 Å². The van der Waals surface area contributed by atoms with E-state index in [0.29, 0.717) is 21.8 Å². The first-order valence-electron chi connectivity index (χ1n) is 14.1. The molecule has 0 aliphatic carbocycles. The second kappa shape index (κ2) is 22.9. The molecule has 288 valence electrons. The maximum Gasteiger partial charge on any atom is 0.378 e. The molecule has 0 fully saturated rings. The topological polar surface area (TPSA) is 249 Å². The summed E-state index contributed by atoms with van der Waals surface area (Å²) in [6.07, 6.45) is 10.5. The van der Waals surface area contributed by atoms with Crippen molar-refractivity contribution in [1.29, 1.82) is 0 Å². The Morgan fingerprint density at radius 3 is 1.33 bits per heavy atom. The first kappa shape index (κ1) is 45.2. The van der Waals surface area contributed by atoms with E-state index in [0.717, 1.165) is 50.1 Å². The summed E-state index contributed by atoms with van der Waals surface area (Å²) in [7, 11) is 1.00. The van der Waals surface area contributed by atoms with Crippen LogP contribution in [-0.4, -0.2) is 57.1 Å². The van der Waals surface area contributed by atoms with Gasteiger partial charge in [0.2, 0.25) is 0 Å². The molecule has 0 aliphatic heterocycles. The van der Waals surface area contributed by atoms with Crippen LogP contribution < -0.4 is 15.2 Å². The van der Waals surface area contributed by atoms with E-state index in [2.05, 4.69) is 77.7 Å². The highest BCUT2D eigenvalue weighted by Crippen LogP contribution is 2.29. The molecule has 0 bridgehead atoms. The van der Waals surface area contributed by atoms with Gasteiger partial charge in [0.15, 0.2) is 24.0 Å². The number of aliphatic hydroxyl groups excluding tert-OH is 1. The Bertz CT molecular complexity index is 2200. The van der Waals surface area contributed by atoms with Crippen LogP contribution in [0, 0.1) is 43.5 Å². The lowest BCUT2D eigenvalue weighted by Crippen LogP contribution is -1.94. The van der Waals surface area contributed by atoms with Crippen LogP contribution in [0.2, 0.25) is 0 Å². The Labute approximate surface area is 331 Å². The third kappa shape index (κ3) is 16.3. The maximum absolute atomic E-state index is 12.9. The van der Waals surface area contributed by atoms with Gasteiger partial charge in [-0.2, -0.15) is 0 Å². The van der Waals surface area contributed by atoms with Gasteiger partial charge in [0.1, 0.15) is 55.2 Å². The molecule has 6 rings (SSSR count). The molecule has 0 saturated carbocycles. The van der Waals surface area contributed by atoms with Crippen LogP contribution in [0.3, 0.4) is 0 Å². The number of aromatic nitrogens is 6. The number of nitrogens with zero attached hydrogens (tertiary/aromatic N) is 8. The first-order valence-corrected chi connectivity index (χ1v) is 16.5. The predicted octanol–water partition coefficient (Wildman–Crippen LogP) is 8.26. The van der Waals surface area contributed by atoms with Crippen molar-refractivity contribution in [3.05, 3.63) is 149 Å². The molecule has 55 heavy (non-hydrogen) atoms. The number of anilines is 1. The van der Waals surface area contributed by atoms with Gasteiger partial charge in [-0.25, -0.2) is 22.5 Å². The maximum atomic E-state index is 12.9. The highest BCUT2D eigenvalue weighted by atomic mass is 79.9. The van der Waals surface area contributed by atoms with Crippen LogP contribution in [0.1, 0.15) is 0 Å². The smallest absolute Gasteiger partial charge is 0.378 e. The van der Waals surface area contributed by atoms with E-state index in [1.165, 1.54) is 43.1 Å². The monoisotopic (exact) mass is 961 g/mol. The van der Waals surface area contributed by atoms with E-state index in [1.54, 1.807) is 6.07 Å². The third-order valence-corrected chi connectivity index (χ3v) is 7.10. The van der Waals surface area contributed by atoms with Crippen molar-refractivity contribution < 1.29 is 47.1 Å². The molecule has 0 saturated heterocycles. The lowest BCUT2D eigenvalue weighted by Gasteiger charge is -2.05.